The van der Waals surface area contributed by atoms with Crippen LogP contribution in [0, 0.1) is 5.41 Å². The van der Waals surface area contributed by atoms with Gasteiger partial charge in [0.25, 0.3) is 0 Å². The zero-order valence-corrected chi connectivity index (χ0v) is 22.4. The SMILES string of the molecule is CN(CCCOCCOCCOCCOCCOCC(CN)(CN)CN)S(=O)(=O)C1CC2C=CC1O2. The third-order valence-electron chi connectivity index (χ3n) is 6.45. The second-order valence-electron chi connectivity index (χ2n) is 9.13. The fourth-order valence-corrected chi connectivity index (χ4v) is 5.64. The Morgan fingerprint density at radius 1 is 0.833 bits per heavy atom. The molecular weight excluding hydrogens is 492 g/mol. The highest BCUT2D eigenvalue weighted by Gasteiger charge is 2.45. The van der Waals surface area contributed by atoms with E-state index in [9.17, 15) is 8.42 Å². The lowest BCUT2D eigenvalue weighted by molar-refractivity contribution is -0.0191. The molecule has 0 aromatic heterocycles. The van der Waals surface area contributed by atoms with Gasteiger partial charge < -0.3 is 45.6 Å². The molecule has 2 aliphatic rings. The van der Waals surface area contributed by atoms with Crippen LogP contribution in [0.2, 0.25) is 0 Å². The quantitative estimate of drug-likeness (QED) is 0.104. The number of hydrogen-bond acceptors (Lipinski definition) is 11. The van der Waals surface area contributed by atoms with E-state index in [1.165, 1.54) is 4.31 Å². The molecule has 1 fully saturated rings. The van der Waals surface area contributed by atoms with Gasteiger partial charge >= 0.3 is 0 Å². The van der Waals surface area contributed by atoms with E-state index in [1.807, 2.05) is 12.2 Å². The molecule has 13 heteroatoms. The van der Waals surface area contributed by atoms with E-state index in [0.717, 1.165) is 0 Å². The molecule has 0 spiro atoms. The molecule has 2 bridgehead atoms. The van der Waals surface area contributed by atoms with Gasteiger partial charge in [-0.05, 0) is 12.8 Å². The first-order valence-corrected chi connectivity index (χ1v) is 14.2. The van der Waals surface area contributed by atoms with E-state index in [0.29, 0.717) is 105 Å². The monoisotopic (exact) mass is 538 g/mol. The van der Waals surface area contributed by atoms with Crippen molar-refractivity contribution in [3.63, 3.8) is 0 Å². The average Bonchev–Trinajstić information content (AvgIpc) is 3.53. The Labute approximate surface area is 215 Å². The van der Waals surface area contributed by atoms with Crippen LogP contribution in [-0.4, -0.2) is 129 Å². The maximum absolute atomic E-state index is 12.7. The zero-order valence-electron chi connectivity index (χ0n) is 21.6. The van der Waals surface area contributed by atoms with Crippen LogP contribution in [-0.2, 0) is 38.4 Å². The van der Waals surface area contributed by atoms with Crippen molar-refractivity contribution in [3.05, 3.63) is 12.2 Å². The molecule has 36 heavy (non-hydrogen) atoms. The van der Waals surface area contributed by atoms with Crippen molar-refractivity contribution in [1.29, 1.82) is 0 Å². The van der Waals surface area contributed by atoms with Gasteiger partial charge in [-0.25, -0.2) is 12.7 Å². The number of ether oxygens (including phenoxy) is 6. The molecule has 3 unspecified atom stereocenters. The fourth-order valence-electron chi connectivity index (χ4n) is 3.87. The van der Waals surface area contributed by atoms with Gasteiger partial charge in [-0.2, -0.15) is 0 Å². The van der Waals surface area contributed by atoms with Crippen LogP contribution in [0.15, 0.2) is 12.2 Å². The summed E-state index contributed by atoms with van der Waals surface area (Å²) >= 11 is 0. The molecular formula is C23H46N4O8S. The molecule has 2 heterocycles. The summed E-state index contributed by atoms with van der Waals surface area (Å²) in [5.41, 5.74) is 16.8. The lowest BCUT2D eigenvalue weighted by Gasteiger charge is -2.28. The van der Waals surface area contributed by atoms with E-state index in [2.05, 4.69) is 0 Å². The third-order valence-corrected chi connectivity index (χ3v) is 8.73. The van der Waals surface area contributed by atoms with Crippen molar-refractivity contribution in [3.8, 4) is 0 Å². The maximum atomic E-state index is 12.7. The second kappa shape index (κ2) is 17.0. The van der Waals surface area contributed by atoms with Crippen LogP contribution in [0.5, 0.6) is 0 Å². The first-order chi connectivity index (χ1) is 17.4. The number of nitrogens with two attached hydrogens (primary N) is 3. The van der Waals surface area contributed by atoms with Crippen LogP contribution in [0.4, 0.5) is 0 Å². The summed E-state index contributed by atoms with van der Waals surface area (Å²) in [6.45, 7) is 6.17. The minimum absolute atomic E-state index is 0.0577. The van der Waals surface area contributed by atoms with Gasteiger partial charge in [0.1, 0.15) is 5.25 Å². The Morgan fingerprint density at radius 2 is 1.33 bits per heavy atom. The summed E-state index contributed by atoms with van der Waals surface area (Å²) in [5, 5.41) is -0.477. The molecule has 0 aromatic rings. The summed E-state index contributed by atoms with van der Waals surface area (Å²) in [4.78, 5) is 0. The van der Waals surface area contributed by atoms with Crippen molar-refractivity contribution in [2.24, 2.45) is 22.6 Å². The molecule has 212 valence electrons. The normalized spacial score (nSPS) is 21.8. The van der Waals surface area contributed by atoms with Crippen LogP contribution < -0.4 is 17.2 Å². The summed E-state index contributed by atoms with van der Waals surface area (Å²) in [6.07, 6.45) is 4.58. The van der Waals surface area contributed by atoms with Gasteiger partial charge in [0.15, 0.2) is 0 Å². The van der Waals surface area contributed by atoms with Gasteiger partial charge in [0.2, 0.25) is 10.0 Å². The largest absolute Gasteiger partial charge is 0.379 e. The van der Waals surface area contributed by atoms with Gasteiger partial charge in [-0.1, -0.05) is 12.2 Å². The highest BCUT2D eigenvalue weighted by atomic mass is 32.2. The number of nitrogens with zero attached hydrogens (tertiary/aromatic N) is 1. The molecule has 0 amide bonds. The van der Waals surface area contributed by atoms with Crippen molar-refractivity contribution in [2.75, 3.05) is 99.3 Å². The molecule has 0 saturated carbocycles. The van der Waals surface area contributed by atoms with Crippen molar-refractivity contribution in [2.45, 2.75) is 30.3 Å². The average molecular weight is 539 g/mol. The number of sulfonamides is 1. The van der Waals surface area contributed by atoms with Gasteiger partial charge in [-0.3, -0.25) is 0 Å². The van der Waals surface area contributed by atoms with E-state index in [1.54, 1.807) is 7.05 Å². The third kappa shape index (κ3) is 10.2. The summed E-state index contributed by atoms with van der Waals surface area (Å²) < 4.78 is 59.9. The van der Waals surface area contributed by atoms with E-state index >= 15 is 0 Å². The molecule has 0 radical (unpaired) electrons. The van der Waals surface area contributed by atoms with Crippen molar-refractivity contribution < 1.29 is 36.8 Å². The Balaban J connectivity index is 1.33. The molecule has 0 aromatic carbocycles. The van der Waals surface area contributed by atoms with E-state index in [4.69, 9.17) is 45.6 Å². The van der Waals surface area contributed by atoms with Gasteiger partial charge in [-0.15, -0.1) is 0 Å². The smallest absolute Gasteiger partial charge is 0.219 e. The Morgan fingerprint density at radius 3 is 1.78 bits per heavy atom. The summed E-state index contributed by atoms with van der Waals surface area (Å²) in [7, 11) is -1.75. The minimum atomic E-state index is -3.36. The maximum Gasteiger partial charge on any atom is 0.219 e. The molecule has 6 N–H and O–H groups in total. The van der Waals surface area contributed by atoms with E-state index in [-0.39, 0.29) is 17.6 Å². The molecule has 0 aliphatic carbocycles. The number of fused-ring (bicyclic) bond motifs is 2. The van der Waals surface area contributed by atoms with Crippen molar-refractivity contribution in [1.82, 2.24) is 4.31 Å². The van der Waals surface area contributed by atoms with Crippen LogP contribution in [0.25, 0.3) is 0 Å². The molecule has 12 nitrogen and oxygen atoms in total. The van der Waals surface area contributed by atoms with Crippen LogP contribution in [0.1, 0.15) is 12.8 Å². The van der Waals surface area contributed by atoms with Crippen LogP contribution >= 0.6 is 0 Å². The zero-order chi connectivity index (χ0) is 26.3. The van der Waals surface area contributed by atoms with Crippen LogP contribution in [0.3, 0.4) is 0 Å². The molecule has 2 aliphatic heterocycles. The van der Waals surface area contributed by atoms with Crippen molar-refractivity contribution >= 4 is 10.0 Å². The van der Waals surface area contributed by atoms with Gasteiger partial charge in [0.05, 0.1) is 71.7 Å². The molecule has 3 atom stereocenters. The predicted octanol–water partition coefficient (Wildman–Crippen LogP) is -1.32. The highest BCUT2D eigenvalue weighted by Crippen LogP contribution is 2.34. The summed E-state index contributed by atoms with van der Waals surface area (Å²) in [5.74, 6) is 0. The van der Waals surface area contributed by atoms with E-state index < -0.39 is 15.3 Å². The second-order valence-corrected chi connectivity index (χ2v) is 11.4. The Kier molecular flexibility index (Phi) is 14.9. The topological polar surface area (TPSA) is 171 Å². The number of rotatable bonds is 23. The molecule has 1 saturated heterocycles. The predicted molar refractivity (Wildman–Crippen MR) is 136 cm³/mol. The standard InChI is InChI=1S/C23H46N4O8S/c1-27(36(28,29)22-15-20-3-4-21(22)35-20)5-2-6-30-7-8-31-9-10-32-11-12-33-13-14-34-19-23(16-24,17-25)18-26/h3-4,20-22H,2,5-19,24-26H2,1H3. The highest BCUT2D eigenvalue weighted by molar-refractivity contribution is 7.89. The summed E-state index contributed by atoms with van der Waals surface area (Å²) in [6, 6.07) is 0. The Bertz CT molecular complexity index is 715. The van der Waals surface area contributed by atoms with Gasteiger partial charge in [0, 0.05) is 45.2 Å². The fraction of sp³-hybridized carbons (Fsp3) is 0.913. The lowest BCUT2D eigenvalue weighted by Crippen LogP contribution is -2.47. The lowest BCUT2D eigenvalue weighted by atomic mass is 9.89. The number of hydrogen-bond donors (Lipinski definition) is 3. The minimum Gasteiger partial charge on any atom is -0.379 e. The Hall–Kier alpha value is -0.710. The first kappa shape index (κ1) is 31.5. The molecule has 2 rings (SSSR count). The first-order valence-electron chi connectivity index (χ1n) is 12.7.